The van der Waals surface area contributed by atoms with Crippen LogP contribution in [0.2, 0.25) is 0 Å². The quantitative estimate of drug-likeness (QED) is 0.540. The van der Waals surface area contributed by atoms with E-state index in [1.807, 2.05) is 60.8 Å². The molecule has 5 heteroatoms. The van der Waals surface area contributed by atoms with Crippen LogP contribution in [0.25, 0.3) is 22.3 Å². The minimum absolute atomic E-state index is 0.718. The lowest BCUT2D eigenvalue weighted by Gasteiger charge is -2.09. The summed E-state index contributed by atoms with van der Waals surface area (Å²) in [7, 11) is 0. The summed E-state index contributed by atoms with van der Waals surface area (Å²) in [5, 5.41) is 5.31. The third-order valence-electron chi connectivity index (χ3n) is 4.36. The van der Waals surface area contributed by atoms with E-state index in [0.29, 0.717) is 0 Å². The van der Waals surface area contributed by atoms with Crippen LogP contribution >= 0.6 is 11.3 Å². The number of benzene rings is 2. The van der Waals surface area contributed by atoms with Gasteiger partial charge in [0.15, 0.2) is 11.0 Å². The van der Waals surface area contributed by atoms with Crippen molar-refractivity contribution in [3.63, 3.8) is 0 Å². The fraction of sp³-hybridized carbons (Fsp3) is 0.150. The zero-order valence-corrected chi connectivity index (χ0v) is 14.3. The first-order valence-electron chi connectivity index (χ1n) is 8.42. The van der Waals surface area contributed by atoms with Crippen LogP contribution < -0.4 is 5.32 Å². The monoisotopic (exact) mass is 344 g/mol. The summed E-state index contributed by atoms with van der Waals surface area (Å²) < 4.78 is 0. The van der Waals surface area contributed by atoms with Crippen LogP contribution in [0.5, 0.6) is 0 Å². The number of nitrogens with zero attached hydrogens (tertiary/aromatic N) is 3. The number of hydrogen-bond donors (Lipinski definition) is 1. The third kappa shape index (κ3) is 2.87. The van der Waals surface area contributed by atoms with Gasteiger partial charge in [-0.1, -0.05) is 42.5 Å². The zero-order valence-electron chi connectivity index (χ0n) is 13.5. The first-order chi connectivity index (χ1) is 12.4. The smallest absolute Gasteiger partial charge is 0.188 e. The SMILES string of the molecule is c1ccc(-c2nc(Nc3ncc(C4CC4)s3)c3ccccc3n2)cc1. The molecule has 122 valence electrons. The molecule has 2 aromatic heterocycles. The van der Waals surface area contributed by atoms with Crippen LogP contribution in [0.1, 0.15) is 23.6 Å². The maximum Gasteiger partial charge on any atom is 0.188 e. The van der Waals surface area contributed by atoms with E-state index >= 15 is 0 Å². The number of fused-ring (bicyclic) bond motifs is 1. The van der Waals surface area contributed by atoms with E-state index in [9.17, 15) is 0 Å². The van der Waals surface area contributed by atoms with Crippen LogP contribution in [0, 0.1) is 0 Å². The van der Waals surface area contributed by atoms with Crippen molar-refractivity contribution in [1.29, 1.82) is 0 Å². The zero-order chi connectivity index (χ0) is 16.6. The average molecular weight is 344 g/mol. The van der Waals surface area contributed by atoms with Crippen molar-refractivity contribution in [2.75, 3.05) is 5.32 Å². The predicted octanol–water partition coefficient (Wildman–Crippen LogP) is 5.37. The summed E-state index contributed by atoms with van der Waals surface area (Å²) in [6, 6.07) is 18.1. The lowest BCUT2D eigenvalue weighted by atomic mass is 10.2. The molecule has 2 heterocycles. The number of rotatable bonds is 4. The van der Waals surface area contributed by atoms with Crippen LogP contribution in [0.15, 0.2) is 60.8 Å². The van der Waals surface area contributed by atoms with E-state index < -0.39 is 0 Å². The topological polar surface area (TPSA) is 50.7 Å². The highest BCUT2D eigenvalue weighted by atomic mass is 32.1. The molecule has 0 unspecified atom stereocenters. The molecule has 4 aromatic rings. The number of hydrogen-bond acceptors (Lipinski definition) is 5. The fourth-order valence-electron chi connectivity index (χ4n) is 2.89. The third-order valence-corrected chi connectivity index (χ3v) is 5.44. The molecule has 0 saturated heterocycles. The molecule has 0 bridgehead atoms. The number of thiazole rings is 1. The van der Waals surface area contributed by atoms with Gasteiger partial charge in [-0.3, -0.25) is 0 Å². The van der Waals surface area contributed by atoms with Crippen molar-refractivity contribution < 1.29 is 0 Å². The van der Waals surface area contributed by atoms with Crippen molar-refractivity contribution in [3.05, 3.63) is 65.7 Å². The first kappa shape index (κ1) is 14.5. The van der Waals surface area contributed by atoms with E-state index in [-0.39, 0.29) is 0 Å². The Morgan fingerprint density at radius 1 is 0.920 bits per heavy atom. The van der Waals surface area contributed by atoms with Gasteiger partial charge in [-0.05, 0) is 30.9 Å². The molecular formula is C20H16N4S. The lowest BCUT2D eigenvalue weighted by molar-refractivity contribution is 1.16. The second kappa shape index (κ2) is 5.93. The molecule has 4 nitrogen and oxygen atoms in total. The molecule has 0 amide bonds. The Morgan fingerprint density at radius 2 is 1.72 bits per heavy atom. The first-order valence-corrected chi connectivity index (χ1v) is 9.23. The van der Waals surface area contributed by atoms with Gasteiger partial charge in [0.25, 0.3) is 0 Å². The Kier molecular flexibility index (Phi) is 3.45. The van der Waals surface area contributed by atoms with Gasteiger partial charge < -0.3 is 5.32 Å². The largest absolute Gasteiger partial charge is 0.316 e. The lowest BCUT2D eigenvalue weighted by Crippen LogP contribution is -1.98. The minimum atomic E-state index is 0.718. The molecule has 0 radical (unpaired) electrons. The Labute approximate surface area is 149 Å². The summed E-state index contributed by atoms with van der Waals surface area (Å²) in [6.07, 6.45) is 4.57. The van der Waals surface area contributed by atoms with Gasteiger partial charge in [0.05, 0.1) is 5.52 Å². The fourth-order valence-corrected chi connectivity index (χ4v) is 3.87. The molecule has 1 fully saturated rings. The second-order valence-electron chi connectivity index (χ2n) is 6.25. The van der Waals surface area contributed by atoms with Gasteiger partial charge in [0.1, 0.15) is 5.82 Å². The normalized spacial score (nSPS) is 13.9. The van der Waals surface area contributed by atoms with Gasteiger partial charge in [0.2, 0.25) is 0 Å². The van der Waals surface area contributed by atoms with E-state index in [0.717, 1.165) is 39.2 Å². The van der Waals surface area contributed by atoms with Crippen LogP contribution in [0.4, 0.5) is 10.9 Å². The molecule has 1 aliphatic rings. The number of nitrogens with one attached hydrogen (secondary N) is 1. The summed E-state index contributed by atoms with van der Waals surface area (Å²) >= 11 is 1.73. The van der Waals surface area contributed by atoms with Gasteiger partial charge >= 0.3 is 0 Å². The predicted molar refractivity (Wildman–Crippen MR) is 102 cm³/mol. The van der Waals surface area contributed by atoms with Crippen molar-refractivity contribution in [3.8, 4) is 11.4 Å². The van der Waals surface area contributed by atoms with Crippen LogP contribution in [-0.2, 0) is 0 Å². The number of aromatic nitrogens is 3. The minimum Gasteiger partial charge on any atom is -0.316 e. The van der Waals surface area contributed by atoms with E-state index in [4.69, 9.17) is 9.97 Å². The van der Waals surface area contributed by atoms with Crippen molar-refractivity contribution in [1.82, 2.24) is 15.0 Å². The van der Waals surface area contributed by atoms with E-state index in [2.05, 4.69) is 10.3 Å². The Morgan fingerprint density at radius 3 is 2.56 bits per heavy atom. The molecule has 1 saturated carbocycles. The summed E-state index contributed by atoms with van der Waals surface area (Å²) in [5.41, 5.74) is 1.94. The van der Waals surface area contributed by atoms with Crippen molar-refractivity contribution >= 4 is 33.2 Å². The maximum absolute atomic E-state index is 4.78. The summed E-state index contributed by atoms with van der Waals surface area (Å²) in [6.45, 7) is 0. The standard InChI is InChI=1S/C20H16N4S/c1-2-6-14(7-3-1)18-22-16-9-5-4-8-15(16)19(23-18)24-20-21-12-17(25-20)13-10-11-13/h1-9,12-13H,10-11H2,(H,21,22,23,24). The highest BCUT2D eigenvalue weighted by molar-refractivity contribution is 7.15. The van der Waals surface area contributed by atoms with Crippen molar-refractivity contribution in [2.45, 2.75) is 18.8 Å². The molecule has 25 heavy (non-hydrogen) atoms. The van der Waals surface area contributed by atoms with E-state index in [1.54, 1.807) is 11.3 Å². The Bertz CT molecular complexity index is 1040. The molecule has 2 aromatic carbocycles. The summed E-state index contributed by atoms with van der Waals surface area (Å²) in [4.78, 5) is 15.4. The molecule has 5 rings (SSSR count). The Hall–Kier alpha value is -2.79. The molecule has 0 atom stereocenters. The molecule has 1 N–H and O–H groups in total. The summed E-state index contributed by atoms with van der Waals surface area (Å²) in [5.74, 6) is 2.25. The van der Waals surface area contributed by atoms with Gasteiger partial charge in [-0.15, -0.1) is 11.3 Å². The van der Waals surface area contributed by atoms with Gasteiger partial charge in [-0.25, -0.2) is 15.0 Å². The van der Waals surface area contributed by atoms with Gasteiger partial charge in [-0.2, -0.15) is 0 Å². The number of anilines is 2. The van der Waals surface area contributed by atoms with Crippen LogP contribution in [0.3, 0.4) is 0 Å². The van der Waals surface area contributed by atoms with Crippen molar-refractivity contribution in [2.24, 2.45) is 0 Å². The number of para-hydroxylation sites is 1. The highest BCUT2D eigenvalue weighted by Crippen LogP contribution is 2.43. The van der Waals surface area contributed by atoms with Gasteiger partial charge in [0, 0.05) is 22.0 Å². The van der Waals surface area contributed by atoms with E-state index in [1.165, 1.54) is 17.7 Å². The average Bonchev–Trinajstić information content (AvgIpc) is 3.42. The molecule has 0 aliphatic heterocycles. The molecule has 0 spiro atoms. The highest BCUT2D eigenvalue weighted by Gasteiger charge is 2.25. The van der Waals surface area contributed by atoms with Crippen LogP contribution in [-0.4, -0.2) is 15.0 Å². The molecular weight excluding hydrogens is 328 g/mol. The Balaban J connectivity index is 1.59. The second-order valence-corrected chi connectivity index (χ2v) is 7.31. The maximum atomic E-state index is 4.78. The molecule has 1 aliphatic carbocycles.